The van der Waals surface area contributed by atoms with Gasteiger partial charge in [0.25, 0.3) is 0 Å². The lowest BCUT2D eigenvalue weighted by Crippen LogP contribution is -2.47. The standard InChI is InChI=1S/C22H42O7/c1-2-3-4-5-6-7-8-9-10-11-12-13-14-15-20(26)29-17-19(25)22(28)21(27)18(24)16-23/h7-8,18-19,21-25,27-28H,2-6,9-17H2,1H3/t18-,19+,21+,22+/m0/s1. The van der Waals surface area contributed by atoms with E-state index in [1.54, 1.807) is 0 Å². The molecule has 4 atom stereocenters. The van der Waals surface area contributed by atoms with Crippen LogP contribution < -0.4 is 0 Å². The number of unbranched alkanes of at least 4 members (excludes halogenated alkanes) is 9. The van der Waals surface area contributed by atoms with E-state index in [1.165, 1.54) is 32.1 Å². The lowest BCUT2D eigenvalue weighted by molar-refractivity contribution is -0.156. The number of ether oxygens (including phenoxy) is 1. The minimum atomic E-state index is -1.72. The fourth-order valence-electron chi connectivity index (χ4n) is 2.90. The molecule has 0 fully saturated rings. The Balaban J connectivity index is 3.59. The van der Waals surface area contributed by atoms with E-state index in [-0.39, 0.29) is 6.42 Å². The van der Waals surface area contributed by atoms with Gasteiger partial charge in [-0.15, -0.1) is 0 Å². The largest absolute Gasteiger partial charge is 0.463 e. The van der Waals surface area contributed by atoms with Crippen molar-refractivity contribution in [1.82, 2.24) is 0 Å². The van der Waals surface area contributed by atoms with Crippen LogP contribution in [0, 0.1) is 0 Å². The number of rotatable bonds is 19. The summed E-state index contributed by atoms with van der Waals surface area (Å²) in [6, 6.07) is 0. The lowest BCUT2D eigenvalue weighted by atomic mass is 10.0. The van der Waals surface area contributed by atoms with Crippen molar-refractivity contribution in [1.29, 1.82) is 0 Å². The molecule has 0 saturated heterocycles. The number of esters is 1. The van der Waals surface area contributed by atoms with Crippen molar-refractivity contribution < 1.29 is 35.1 Å². The molecule has 0 aromatic heterocycles. The molecule has 0 aliphatic rings. The van der Waals surface area contributed by atoms with Crippen LogP contribution in [0.2, 0.25) is 0 Å². The molecule has 29 heavy (non-hydrogen) atoms. The molecule has 0 spiro atoms. The Morgan fingerprint density at radius 3 is 1.90 bits per heavy atom. The van der Waals surface area contributed by atoms with Crippen molar-refractivity contribution in [3.63, 3.8) is 0 Å². The van der Waals surface area contributed by atoms with E-state index in [0.29, 0.717) is 6.42 Å². The van der Waals surface area contributed by atoms with Crippen LogP contribution in [0.1, 0.15) is 84.0 Å². The number of allylic oxidation sites excluding steroid dienone is 2. The molecule has 0 aliphatic heterocycles. The molecule has 0 aromatic rings. The van der Waals surface area contributed by atoms with E-state index >= 15 is 0 Å². The van der Waals surface area contributed by atoms with Crippen LogP contribution in [-0.2, 0) is 9.53 Å². The number of hydrogen-bond donors (Lipinski definition) is 5. The van der Waals surface area contributed by atoms with Crippen LogP contribution in [0.4, 0.5) is 0 Å². The fourth-order valence-corrected chi connectivity index (χ4v) is 2.90. The van der Waals surface area contributed by atoms with Crippen molar-refractivity contribution >= 4 is 5.97 Å². The van der Waals surface area contributed by atoms with Crippen molar-refractivity contribution in [2.75, 3.05) is 13.2 Å². The first kappa shape index (κ1) is 28.0. The van der Waals surface area contributed by atoms with Crippen LogP contribution in [0.25, 0.3) is 0 Å². The summed E-state index contributed by atoms with van der Waals surface area (Å²) < 4.78 is 4.88. The van der Waals surface area contributed by atoms with Gasteiger partial charge >= 0.3 is 5.97 Å². The molecule has 7 heteroatoms. The van der Waals surface area contributed by atoms with E-state index in [0.717, 1.165) is 32.1 Å². The molecule has 0 amide bonds. The summed E-state index contributed by atoms with van der Waals surface area (Å²) in [5.74, 6) is -0.473. The van der Waals surface area contributed by atoms with E-state index in [9.17, 15) is 25.2 Å². The number of carbonyl (C=O) groups is 1. The predicted molar refractivity (Wildman–Crippen MR) is 112 cm³/mol. The van der Waals surface area contributed by atoms with Crippen LogP contribution >= 0.6 is 0 Å². The van der Waals surface area contributed by atoms with Gasteiger partial charge in [-0.1, -0.05) is 57.6 Å². The maximum atomic E-state index is 11.7. The zero-order valence-corrected chi connectivity index (χ0v) is 17.9. The van der Waals surface area contributed by atoms with Gasteiger partial charge in [-0.05, 0) is 32.1 Å². The van der Waals surface area contributed by atoms with Crippen molar-refractivity contribution in [3.8, 4) is 0 Å². The smallest absolute Gasteiger partial charge is 0.305 e. The second-order valence-corrected chi connectivity index (χ2v) is 7.61. The highest BCUT2D eigenvalue weighted by Crippen LogP contribution is 2.10. The first-order valence-electron chi connectivity index (χ1n) is 11.1. The second kappa shape index (κ2) is 19.0. The average molecular weight is 419 g/mol. The van der Waals surface area contributed by atoms with E-state index < -0.39 is 43.6 Å². The maximum absolute atomic E-state index is 11.7. The van der Waals surface area contributed by atoms with Crippen LogP contribution in [0.15, 0.2) is 12.2 Å². The predicted octanol–water partition coefficient (Wildman–Crippen LogP) is 2.22. The summed E-state index contributed by atoms with van der Waals surface area (Å²) >= 11 is 0. The van der Waals surface area contributed by atoms with Crippen molar-refractivity contribution in [2.45, 2.75) is 108 Å². The highest BCUT2D eigenvalue weighted by atomic mass is 16.5. The highest BCUT2D eigenvalue weighted by molar-refractivity contribution is 5.69. The molecule has 0 unspecified atom stereocenters. The minimum absolute atomic E-state index is 0.238. The molecule has 5 N–H and O–H groups in total. The van der Waals surface area contributed by atoms with E-state index in [1.807, 2.05) is 0 Å². The number of aliphatic hydroxyl groups is 5. The molecule has 0 bridgehead atoms. The Labute approximate surface area is 175 Å². The lowest BCUT2D eigenvalue weighted by Gasteiger charge is -2.25. The Hall–Kier alpha value is -0.990. The molecule has 0 aliphatic carbocycles. The van der Waals surface area contributed by atoms with Gasteiger partial charge in [0.05, 0.1) is 6.61 Å². The summed E-state index contributed by atoms with van der Waals surface area (Å²) in [6.07, 6.45) is 10.7. The maximum Gasteiger partial charge on any atom is 0.305 e. The second-order valence-electron chi connectivity index (χ2n) is 7.61. The third kappa shape index (κ3) is 15.5. The Kier molecular flexibility index (Phi) is 18.4. The summed E-state index contributed by atoms with van der Waals surface area (Å²) in [4.78, 5) is 11.7. The summed E-state index contributed by atoms with van der Waals surface area (Å²) in [5, 5.41) is 46.7. The van der Waals surface area contributed by atoms with E-state index in [2.05, 4.69) is 19.1 Å². The van der Waals surface area contributed by atoms with Crippen molar-refractivity contribution in [3.05, 3.63) is 12.2 Å². The molecular weight excluding hydrogens is 376 g/mol. The number of hydrogen-bond acceptors (Lipinski definition) is 7. The van der Waals surface area contributed by atoms with Crippen molar-refractivity contribution in [2.24, 2.45) is 0 Å². The van der Waals surface area contributed by atoms with Crippen LogP contribution in [-0.4, -0.2) is 69.1 Å². The molecule has 0 radical (unpaired) electrons. The number of carbonyl (C=O) groups excluding carboxylic acids is 1. The molecule has 0 aromatic carbocycles. The SMILES string of the molecule is CCCCCCC=CCCCCCCCC(=O)OC[C@@H](O)[C@@H](O)[C@H](O)[C@@H](O)CO. The van der Waals surface area contributed by atoms with Gasteiger partial charge in [-0.2, -0.15) is 0 Å². The molecule has 172 valence electrons. The molecule has 0 rings (SSSR count). The Bertz CT molecular complexity index is 414. The minimum Gasteiger partial charge on any atom is -0.463 e. The Morgan fingerprint density at radius 2 is 1.31 bits per heavy atom. The zero-order chi connectivity index (χ0) is 21.9. The topological polar surface area (TPSA) is 127 Å². The Morgan fingerprint density at radius 1 is 0.793 bits per heavy atom. The summed E-state index contributed by atoms with van der Waals surface area (Å²) in [5.41, 5.74) is 0. The first-order valence-corrected chi connectivity index (χ1v) is 11.1. The third-order valence-electron chi connectivity index (χ3n) is 4.88. The van der Waals surface area contributed by atoms with Gasteiger partial charge in [-0.25, -0.2) is 0 Å². The average Bonchev–Trinajstić information content (AvgIpc) is 2.73. The molecular formula is C22H42O7. The molecule has 0 saturated carbocycles. The van der Waals surface area contributed by atoms with Gasteiger partial charge in [0.2, 0.25) is 0 Å². The first-order chi connectivity index (χ1) is 13.9. The highest BCUT2D eigenvalue weighted by Gasteiger charge is 2.30. The van der Waals surface area contributed by atoms with Gasteiger partial charge < -0.3 is 30.3 Å². The van der Waals surface area contributed by atoms with Gasteiger partial charge in [0.1, 0.15) is 31.0 Å². The molecule has 7 nitrogen and oxygen atoms in total. The van der Waals surface area contributed by atoms with E-state index in [4.69, 9.17) is 9.84 Å². The normalized spacial score (nSPS) is 15.9. The zero-order valence-electron chi connectivity index (χ0n) is 17.9. The van der Waals surface area contributed by atoms with Crippen LogP contribution in [0.5, 0.6) is 0 Å². The van der Waals surface area contributed by atoms with Gasteiger partial charge in [0.15, 0.2) is 0 Å². The summed E-state index contributed by atoms with van der Waals surface area (Å²) in [7, 11) is 0. The number of aliphatic hydroxyl groups excluding tert-OH is 5. The van der Waals surface area contributed by atoms with Gasteiger partial charge in [-0.3, -0.25) is 4.79 Å². The monoisotopic (exact) mass is 418 g/mol. The van der Waals surface area contributed by atoms with Crippen LogP contribution in [0.3, 0.4) is 0 Å². The summed E-state index contributed by atoms with van der Waals surface area (Å²) in [6.45, 7) is 0.996. The van der Waals surface area contributed by atoms with Gasteiger partial charge in [0, 0.05) is 6.42 Å². The quantitative estimate of drug-likeness (QED) is 0.124. The fraction of sp³-hybridized carbons (Fsp3) is 0.864. The third-order valence-corrected chi connectivity index (χ3v) is 4.88. The molecule has 0 heterocycles.